The van der Waals surface area contributed by atoms with Crippen LogP contribution in [0.4, 0.5) is 18.9 Å². The molecule has 1 spiro atoms. The number of likely N-dealkylation sites (tertiary alicyclic amines) is 1. The molecule has 2 amide bonds. The largest absolute Gasteiger partial charge is 0.416 e. The summed E-state index contributed by atoms with van der Waals surface area (Å²) in [5.41, 5.74) is -0.823. The van der Waals surface area contributed by atoms with Gasteiger partial charge in [-0.25, -0.2) is 0 Å². The summed E-state index contributed by atoms with van der Waals surface area (Å²) in [4.78, 5) is 27.2. The van der Waals surface area contributed by atoms with Gasteiger partial charge in [-0.1, -0.05) is 6.07 Å². The van der Waals surface area contributed by atoms with Gasteiger partial charge >= 0.3 is 6.18 Å². The molecule has 0 aromatic heterocycles. The molecule has 0 unspecified atom stereocenters. The molecule has 0 atom stereocenters. The van der Waals surface area contributed by atoms with E-state index in [9.17, 15) is 22.8 Å². The maximum atomic E-state index is 12.9. The minimum atomic E-state index is -4.52. The van der Waals surface area contributed by atoms with Crippen LogP contribution in [-0.2, 0) is 25.2 Å². The molecule has 9 heteroatoms. The van der Waals surface area contributed by atoms with Crippen LogP contribution in [0.5, 0.6) is 0 Å². The summed E-state index contributed by atoms with van der Waals surface area (Å²) < 4.78 is 50.0. The highest BCUT2D eigenvalue weighted by atomic mass is 19.4. The van der Waals surface area contributed by atoms with Crippen LogP contribution in [0.15, 0.2) is 24.3 Å². The van der Waals surface area contributed by atoms with Crippen LogP contribution in [-0.4, -0.2) is 55.3 Å². The zero-order valence-electron chi connectivity index (χ0n) is 14.9. The van der Waals surface area contributed by atoms with Crippen molar-refractivity contribution in [3.8, 4) is 0 Å². The Morgan fingerprint density at radius 3 is 2.37 bits per heavy atom. The average Bonchev–Trinajstić information content (AvgIpc) is 3.07. The quantitative estimate of drug-likeness (QED) is 0.801. The summed E-state index contributed by atoms with van der Waals surface area (Å²) in [5.74, 6) is -1.45. The van der Waals surface area contributed by atoms with Crippen molar-refractivity contribution in [3.63, 3.8) is 0 Å². The molecule has 0 aliphatic carbocycles. The third-order valence-corrected chi connectivity index (χ3v) is 4.85. The van der Waals surface area contributed by atoms with Gasteiger partial charge in [0.25, 0.3) is 0 Å². The Balaban J connectivity index is 1.68. The van der Waals surface area contributed by atoms with E-state index < -0.39 is 23.4 Å². The predicted molar refractivity (Wildman–Crippen MR) is 89.9 cm³/mol. The Hall–Kier alpha value is -2.13. The molecular formula is C18H21F3N2O4. The van der Waals surface area contributed by atoms with Crippen molar-refractivity contribution in [3.05, 3.63) is 29.8 Å². The Morgan fingerprint density at radius 2 is 1.81 bits per heavy atom. The van der Waals surface area contributed by atoms with Gasteiger partial charge in [0, 0.05) is 38.5 Å². The molecule has 2 saturated heterocycles. The fraction of sp³-hybridized carbons (Fsp3) is 0.556. The van der Waals surface area contributed by atoms with E-state index in [1.807, 2.05) is 0 Å². The van der Waals surface area contributed by atoms with Gasteiger partial charge in [0.15, 0.2) is 5.79 Å². The van der Waals surface area contributed by atoms with Crippen molar-refractivity contribution in [2.24, 2.45) is 0 Å². The van der Waals surface area contributed by atoms with Gasteiger partial charge in [0.1, 0.15) is 6.54 Å². The normalized spacial score (nSPS) is 19.3. The van der Waals surface area contributed by atoms with E-state index in [1.165, 1.54) is 19.1 Å². The number of nitrogens with zero attached hydrogens (tertiary/aromatic N) is 2. The highest BCUT2D eigenvalue weighted by Crippen LogP contribution is 2.33. The topological polar surface area (TPSA) is 59.1 Å². The highest BCUT2D eigenvalue weighted by Gasteiger charge is 2.41. The Bertz CT molecular complexity index is 707. The molecule has 1 aromatic carbocycles. The molecule has 0 radical (unpaired) electrons. The fourth-order valence-corrected chi connectivity index (χ4v) is 3.35. The summed E-state index contributed by atoms with van der Waals surface area (Å²) >= 11 is 0. The summed E-state index contributed by atoms with van der Waals surface area (Å²) in [6, 6.07) is 4.41. The molecule has 2 aliphatic heterocycles. The standard InChI is InChI=1S/C18H21F3N2O4/c1-13(24)23(15-4-2-3-14(11-15)18(19,20)21)12-16(25)22-7-5-17(6-8-22)26-9-10-27-17/h2-4,11H,5-10,12H2,1H3. The maximum absolute atomic E-state index is 12.9. The monoisotopic (exact) mass is 386 g/mol. The minimum absolute atomic E-state index is 0.0432. The van der Waals surface area contributed by atoms with E-state index >= 15 is 0 Å². The highest BCUT2D eigenvalue weighted by molar-refractivity contribution is 5.97. The van der Waals surface area contributed by atoms with Crippen molar-refractivity contribution in [1.29, 1.82) is 0 Å². The zero-order valence-corrected chi connectivity index (χ0v) is 14.9. The second-order valence-corrected chi connectivity index (χ2v) is 6.64. The van der Waals surface area contributed by atoms with Crippen LogP contribution < -0.4 is 4.90 Å². The van der Waals surface area contributed by atoms with Crippen LogP contribution in [0.25, 0.3) is 0 Å². The zero-order chi connectivity index (χ0) is 19.7. The molecule has 148 valence electrons. The van der Waals surface area contributed by atoms with Gasteiger partial charge in [-0.3, -0.25) is 9.59 Å². The first-order valence-corrected chi connectivity index (χ1v) is 8.71. The van der Waals surface area contributed by atoms with E-state index in [2.05, 4.69) is 0 Å². The predicted octanol–water partition coefficient (Wildman–Crippen LogP) is 2.42. The molecule has 6 nitrogen and oxygen atoms in total. The van der Waals surface area contributed by atoms with Gasteiger partial charge in [0.05, 0.1) is 18.8 Å². The number of rotatable bonds is 3. The van der Waals surface area contributed by atoms with Gasteiger partial charge < -0.3 is 19.3 Å². The maximum Gasteiger partial charge on any atom is 0.416 e. The molecule has 2 heterocycles. The lowest BCUT2D eigenvalue weighted by atomic mass is 10.0. The van der Waals surface area contributed by atoms with Crippen molar-refractivity contribution in [2.45, 2.75) is 31.7 Å². The number of piperidine rings is 1. The minimum Gasteiger partial charge on any atom is -0.347 e. The molecule has 0 bridgehead atoms. The Kier molecular flexibility index (Phi) is 5.43. The first kappa shape index (κ1) is 19.6. The molecular weight excluding hydrogens is 365 g/mol. The van der Waals surface area contributed by atoms with E-state index in [1.54, 1.807) is 4.90 Å². The SMILES string of the molecule is CC(=O)N(CC(=O)N1CCC2(CC1)OCCO2)c1cccc(C(F)(F)F)c1. The van der Waals surface area contributed by atoms with Crippen molar-refractivity contribution < 1.29 is 32.2 Å². The van der Waals surface area contributed by atoms with E-state index in [4.69, 9.17) is 9.47 Å². The van der Waals surface area contributed by atoms with Crippen LogP contribution in [0, 0.1) is 0 Å². The summed E-state index contributed by atoms with van der Waals surface area (Å²) in [6.45, 7) is 2.79. The molecule has 3 rings (SSSR count). The fourth-order valence-electron chi connectivity index (χ4n) is 3.35. The summed E-state index contributed by atoms with van der Waals surface area (Å²) in [7, 11) is 0. The van der Waals surface area contributed by atoms with Crippen LogP contribution in [0.2, 0.25) is 0 Å². The number of alkyl halides is 3. The molecule has 2 aliphatic rings. The molecule has 27 heavy (non-hydrogen) atoms. The lowest BCUT2D eigenvalue weighted by Crippen LogP contribution is -2.50. The summed E-state index contributed by atoms with van der Waals surface area (Å²) in [5, 5.41) is 0. The van der Waals surface area contributed by atoms with Crippen LogP contribution >= 0.6 is 0 Å². The Labute approximate surface area is 154 Å². The first-order valence-electron chi connectivity index (χ1n) is 8.71. The molecule has 2 fully saturated rings. The number of benzene rings is 1. The third kappa shape index (κ3) is 4.41. The van der Waals surface area contributed by atoms with E-state index in [0.29, 0.717) is 39.1 Å². The number of hydrogen-bond donors (Lipinski definition) is 0. The second-order valence-electron chi connectivity index (χ2n) is 6.64. The Morgan fingerprint density at radius 1 is 1.19 bits per heavy atom. The first-order chi connectivity index (χ1) is 12.7. The molecule has 0 N–H and O–H groups in total. The number of hydrogen-bond acceptors (Lipinski definition) is 4. The lowest BCUT2D eigenvalue weighted by molar-refractivity contribution is -0.187. The number of amides is 2. The van der Waals surface area contributed by atoms with Crippen molar-refractivity contribution in [2.75, 3.05) is 37.7 Å². The number of halogens is 3. The van der Waals surface area contributed by atoms with E-state index in [0.717, 1.165) is 17.0 Å². The van der Waals surface area contributed by atoms with Gasteiger partial charge in [0.2, 0.25) is 11.8 Å². The van der Waals surface area contributed by atoms with Gasteiger partial charge in [-0.2, -0.15) is 13.2 Å². The number of carbonyl (C=O) groups is 2. The molecule has 0 saturated carbocycles. The third-order valence-electron chi connectivity index (χ3n) is 4.85. The number of ether oxygens (including phenoxy) is 2. The second kappa shape index (κ2) is 7.47. The lowest BCUT2D eigenvalue weighted by Gasteiger charge is -2.38. The van der Waals surface area contributed by atoms with Gasteiger partial charge in [-0.05, 0) is 18.2 Å². The summed E-state index contributed by atoms with van der Waals surface area (Å²) in [6.07, 6.45) is -3.46. The molecule has 1 aromatic rings. The van der Waals surface area contributed by atoms with Crippen LogP contribution in [0.1, 0.15) is 25.3 Å². The number of anilines is 1. The average molecular weight is 386 g/mol. The van der Waals surface area contributed by atoms with Crippen molar-refractivity contribution >= 4 is 17.5 Å². The van der Waals surface area contributed by atoms with Crippen LogP contribution in [0.3, 0.4) is 0 Å². The number of carbonyl (C=O) groups excluding carboxylic acids is 2. The van der Waals surface area contributed by atoms with Gasteiger partial charge in [-0.15, -0.1) is 0 Å². The smallest absolute Gasteiger partial charge is 0.347 e. The van der Waals surface area contributed by atoms with E-state index in [-0.39, 0.29) is 18.1 Å². The van der Waals surface area contributed by atoms with Crippen molar-refractivity contribution in [1.82, 2.24) is 4.90 Å².